The summed E-state index contributed by atoms with van der Waals surface area (Å²) in [7, 11) is 0. The summed E-state index contributed by atoms with van der Waals surface area (Å²) in [6.45, 7) is 5.28. The highest BCUT2D eigenvalue weighted by molar-refractivity contribution is 6.35. The van der Waals surface area contributed by atoms with E-state index in [-0.39, 0.29) is 5.78 Å². The quantitative estimate of drug-likeness (QED) is 0.370. The fourth-order valence-corrected chi connectivity index (χ4v) is 0.610. The maximum absolute atomic E-state index is 10.9. The van der Waals surface area contributed by atoms with Crippen molar-refractivity contribution in [2.24, 2.45) is 0 Å². The summed E-state index contributed by atoms with van der Waals surface area (Å²) in [6, 6.07) is 0. The van der Waals surface area contributed by atoms with Gasteiger partial charge in [-0.25, -0.2) is 0 Å². The summed E-state index contributed by atoms with van der Waals surface area (Å²) in [6.07, 6.45) is 7.28. The lowest BCUT2D eigenvalue weighted by molar-refractivity contribution is -0.109. The summed E-state index contributed by atoms with van der Waals surface area (Å²) < 4.78 is 0. The van der Waals surface area contributed by atoms with Gasteiger partial charge in [0.2, 0.25) is 5.78 Å². The molecule has 0 bridgehead atoms. The maximum atomic E-state index is 10.9. The Bertz CT molecular complexity index is 224. The van der Waals surface area contributed by atoms with E-state index in [4.69, 9.17) is 5.41 Å². The van der Waals surface area contributed by atoms with Gasteiger partial charge in [-0.1, -0.05) is 30.9 Å². The number of rotatable bonds is 4. The molecule has 0 amide bonds. The van der Waals surface area contributed by atoms with Crippen molar-refractivity contribution in [2.45, 2.75) is 6.92 Å². The van der Waals surface area contributed by atoms with Crippen LogP contribution in [-0.2, 0) is 4.79 Å². The number of Topliss-reactive ketones (excluding diaryl/α,β-unsaturated/α-hetero) is 1. The lowest BCUT2D eigenvalue weighted by atomic mass is 10.1. The van der Waals surface area contributed by atoms with Gasteiger partial charge < -0.3 is 5.41 Å². The van der Waals surface area contributed by atoms with Crippen molar-refractivity contribution in [3.8, 4) is 0 Å². The third kappa shape index (κ3) is 3.30. The van der Waals surface area contributed by atoms with Crippen LogP contribution in [0.25, 0.3) is 0 Å². The van der Waals surface area contributed by atoms with Gasteiger partial charge in [-0.3, -0.25) is 4.79 Å². The zero-order valence-corrected chi connectivity index (χ0v) is 6.50. The fraction of sp³-hybridized carbons (Fsp3) is 0.111. The van der Waals surface area contributed by atoms with Crippen LogP contribution in [0.15, 0.2) is 36.5 Å². The molecule has 0 radical (unpaired) electrons. The lowest BCUT2D eigenvalue weighted by Gasteiger charge is -1.91. The van der Waals surface area contributed by atoms with Gasteiger partial charge in [0.25, 0.3) is 0 Å². The number of carbonyl (C=O) groups excluding carboxylic acids is 1. The van der Waals surface area contributed by atoms with Gasteiger partial charge in [-0.15, -0.1) is 0 Å². The highest BCUT2D eigenvalue weighted by Crippen LogP contribution is 1.97. The highest BCUT2D eigenvalue weighted by atomic mass is 16.1. The van der Waals surface area contributed by atoms with Gasteiger partial charge in [-0.05, 0) is 6.92 Å². The predicted molar refractivity (Wildman–Crippen MR) is 46.9 cm³/mol. The molecule has 58 valence electrons. The SMILES string of the molecule is C=C/C=C(\C=C/C)C(=O)C=N. The van der Waals surface area contributed by atoms with E-state index in [1.165, 1.54) is 6.08 Å². The smallest absolute Gasteiger partial charge is 0.203 e. The molecule has 0 aliphatic heterocycles. The molecule has 0 aliphatic carbocycles. The number of ketones is 1. The first kappa shape index (κ1) is 9.56. The minimum absolute atomic E-state index is 0.303. The molecule has 2 nitrogen and oxygen atoms in total. The summed E-state index contributed by atoms with van der Waals surface area (Å²) in [5.74, 6) is -0.303. The van der Waals surface area contributed by atoms with Crippen molar-refractivity contribution in [1.82, 2.24) is 0 Å². The molecule has 0 saturated heterocycles. The first-order valence-electron chi connectivity index (χ1n) is 3.26. The van der Waals surface area contributed by atoms with E-state index < -0.39 is 0 Å². The molecular weight excluding hydrogens is 138 g/mol. The van der Waals surface area contributed by atoms with Crippen LogP contribution in [0.2, 0.25) is 0 Å². The van der Waals surface area contributed by atoms with Crippen molar-refractivity contribution in [3.05, 3.63) is 36.5 Å². The molecule has 0 saturated carbocycles. The minimum atomic E-state index is -0.303. The van der Waals surface area contributed by atoms with Crippen LogP contribution in [0, 0.1) is 5.41 Å². The van der Waals surface area contributed by atoms with Crippen molar-refractivity contribution < 1.29 is 4.79 Å². The van der Waals surface area contributed by atoms with Crippen LogP contribution in [0.4, 0.5) is 0 Å². The monoisotopic (exact) mass is 149 g/mol. The largest absolute Gasteiger partial charge is 0.305 e. The van der Waals surface area contributed by atoms with Gasteiger partial charge in [0, 0.05) is 5.57 Å². The van der Waals surface area contributed by atoms with Gasteiger partial charge >= 0.3 is 0 Å². The molecule has 2 heteroatoms. The van der Waals surface area contributed by atoms with E-state index in [2.05, 4.69) is 6.58 Å². The molecule has 0 spiro atoms. The van der Waals surface area contributed by atoms with Crippen molar-refractivity contribution in [3.63, 3.8) is 0 Å². The lowest BCUT2D eigenvalue weighted by Crippen LogP contribution is -1.99. The molecular formula is C9H11NO. The molecule has 0 aromatic rings. The molecule has 0 aliphatic rings. The molecule has 0 unspecified atom stereocenters. The van der Waals surface area contributed by atoms with Crippen LogP contribution in [-0.4, -0.2) is 12.0 Å². The number of carbonyl (C=O) groups is 1. The van der Waals surface area contributed by atoms with Gasteiger partial charge in [0.1, 0.15) is 0 Å². The van der Waals surface area contributed by atoms with Crippen LogP contribution >= 0.6 is 0 Å². The Morgan fingerprint density at radius 3 is 2.55 bits per heavy atom. The zero-order valence-electron chi connectivity index (χ0n) is 6.50. The molecule has 11 heavy (non-hydrogen) atoms. The van der Waals surface area contributed by atoms with Crippen LogP contribution in [0.1, 0.15) is 6.92 Å². The summed E-state index contributed by atoms with van der Waals surface area (Å²) in [5, 5.41) is 6.71. The van der Waals surface area contributed by atoms with E-state index in [9.17, 15) is 4.79 Å². The van der Waals surface area contributed by atoms with E-state index in [0.29, 0.717) is 5.57 Å². The molecule has 0 rings (SSSR count). The first-order valence-corrected chi connectivity index (χ1v) is 3.26. The van der Waals surface area contributed by atoms with Gasteiger partial charge in [0.05, 0.1) is 6.21 Å². The van der Waals surface area contributed by atoms with Crippen LogP contribution in [0.3, 0.4) is 0 Å². The Morgan fingerprint density at radius 2 is 2.18 bits per heavy atom. The second-order valence-corrected chi connectivity index (χ2v) is 1.87. The third-order valence-electron chi connectivity index (χ3n) is 1.06. The highest BCUT2D eigenvalue weighted by Gasteiger charge is 1.98. The fourth-order valence-electron chi connectivity index (χ4n) is 0.610. The molecule has 0 fully saturated rings. The van der Waals surface area contributed by atoms with Crippen molar-refractivity contribution in [1.29, 1.82) is 5.41 Å². The Labute approximate surface area is 66.4 Å². The number of hydrogen-bond donors (Lipinski definition) is 1. The topological polar surface area (TPSA) is 40.9 Å². The van der Waals surface area contributed by atoms with Crippen molar-refractivity contribution >= 4 is 12.0 Å². The average Bonchev–Trinajstić information content (AvgIpc) is 2.03. The predicted octanol–water partition coefficient (Wildman–Crippen LogP) is 1.89. The Hall–Kier alpha value is -1.44. The Kier molecular flexibility index (Phi) is 4.65. The number of hydrogen-bond acceptors (Lipinski definition) is 2. The van der Waals surface area contributed by atoms with E-state index in [1.807, 2.05) is 6.92 Å². The van der Waals surface area contributed by atoms with E-state index >= 15 is 0 Å². The van der Waals surface area contributed by atoms with E-state index in [0.717, 1.165) is 6.21 Å². The second kappa shape index (κ2) is 5.35. The first-order chi connectivity index (χ1) is 5.26. The van der Waals surface area contributed by atoms with Crippen LogP contribution < -0.4 is 0 Å². The molecule has 0 heterocycles. The number of allylic oxidation sites excluding steroid dienone is 5. The maximum Gasteiger partial charge on any atom is 0.203 e. The average molecular weight is 149 g/mol. The Balaban J connectivity index is 4.59. The second-order valence-electron chi connectivity index (χ2n) is 1.87. The molecule has 0 atom stereocenters. The summed E-state index contributed by atoms with van der Waals surface area (Å²) in [4.78, 5) is 10.9. The summed E-state index contributed by atoms with van der Waals surface area (Å²) in [5.41, 5.74) is 0.484. The normalized spacial score (nSPS) is 11.5. The molecule has 1 N–H and O–H groups in total. The van der Waals surface area contributed by atoms with Crippen LogP contribution in [0.5, 0.6) is 0 Å². The third-order valence-corrected chi connectivity index (χ3v) is 1.06. The van der Waals surface area contributed by atoms with Gasteiger partial charge in [0.15, 0.2) is 0 Å². The standard InChI is InChI=1S/C9H11NO/c1-3-5-8(6-4-2)9(11)7-10/h3-7,10H,1H2,2H3/b6-4-,8-5+,10-7?. The minimum Gasteiger partial charge on any atom is -0.305 e. The summed E-state index contributed by atoms with van der Waals surface area (Å²) >= 11 is 0. The van der Waals surface area contributed by atoms with E-state index in [1.54, 1.807) is 18.2 Å². The Morgan fingerprint density at radius 1 is 1.55 bits per heavy atom. The molecule has 0 aromatic carbocycles. The number of nitrogens with one attached hydrogen (secondary N) is 1. The van der Waals surface area contributed by atoms with Crippen molar-refractivity contribution in [2.75, 3.05) is 0 Å². The van der Waals surface area contributed by atoms with Gasteiger partial charge in [-0.2, -0.15) is 0 Å². The zero-order chi connectivity index (χ0) is 8.69. The molecule has 0 aromatic heterocycles.